The Hall–Kier alpha value is -1.59. The molecule has 1 saturated heterocycles. The van der Waals surface area contributed by atoms with Gasteiger partial charge >= 0.3 is 6.03 Å². The molecule has 2 aliphatic rings. The van der Waals surface area contributed by atoms with Crippen LogP contribution in [0.25, 0.3) is 0 Å². The molecule has 0 spiro atoms. The van der Waals surface area contributed by atoms with Gasteiger partial charge in [-0.15, -0.1) is 0 Å². The molecule has 1 aromatic rings. The molecule has 0 aliphatic carbocycles. The number of hydrogen-bond donors (Lipinski definition) is 1. The van der Waals surface area contributed by atoms with Crippen LogP contribution in [0, 0.1) is 0 Å². The number of rotatable bonds is 5. The van der Waals surface area contributed by atoms with Gasteiger partial charge in [-0.05, 0) is 30.4 Å². The van der Waals surface area contributed by atoms with E-state index in [9.17, 15) is 4.79 Å². The monoisotopic (exact) mass is 304 g/mol. The fraction of sp³-hybridized carbons (Fsp3) is 0.588. The van der Waals surface area contributed by atoms with E-state index in [1.165, 1.54) is 11.1 Å². The summed E-state index contributed by atoms with van der Waals surface area (Å²) in [4.78, 5) is 14.0. The van der Waals surface area contributed by atoms with Gasteiger partial charge in [0.1, 0.15) is 0 Å². The zero-order valence-electron chi connectivity index (χ0n) is 12.9. The van der Waals surface area contributed by atoms with Gasteiger partial charge in [0.25, 0.3) is 0 Å². The lowest BCUT2D eigenvalue weighted by Gasteiger charge is -2.29. The largest absolute Gasteiger partial charge is 0.377 e. The van der Waals surface area contributed by atoms with Crippen molar-refractivity contribution in [3.05, 3.63) is 35.4 Å². The highest BCUT2D eigenvalue weighted by Crippen LogP contribution is 2.18. The molecule has 5 heteroatoms. The topological polar surface area (TPSA) is 50.8 Å². The second kappa shape index (κ2) is 7.61. The first-order valence-corrected chi connectivity index (χ1v) is 8.12. The van der Waals surface area contributed by atoms with E-state index in [4.69, 9.17) is 9.47 Å². The van der Waals surface area contributed by atoms with Crippen LogP contribution in [0.2, 0.25) is 0 Å². The molecule has 1 N–H and O–H groups in total. The van der Waals surface area contributed by atoms with Crippen molar-refractivity contribution < 1.29 is 14.3 Å². The fourth-order valence-electron chi connectivity index (χ4n) is 3.00. The van der Waals surface area contributed by atoms with Gasteiger partial charge in [-0.1, -0.05) is 24.3 Å². The van der Waals surface area contributed by atoms with Gasteiger partial charge in [-0.2, -0.15) is 0 Å². The van der Waals surface area contributed by atoms with Crippen LogP contribution in [-0.2, 0) is 22.4 Å². The van der Waals surface area contributed by atoms with Crippen molar-refractivity contribution in [3.63, 3.8) is 0 Å². The van der Waals surface area contributed by atoms with Crippen LogP contribution in [-0.4, -0.2) is 49.9 Å². The minimum atomic E-state index is -0.00443. The SMILES string of the molecule is O=C(NCCOC[C@H]1CCCO1)N1CCc2ccccc2C1. The number of fused-ring (bicyclic) bond motifs is 1. The maximum Gasteiger partial charge on any atom is 0.317 e. The van der Waals surface area contributed by atoms with Gasteiger partial charge < -0.3 is 19.7 Å². The summed E-state index contributed by atoms with van der Waals surface area (Å²) in [5.41, 5.74) is 2.60. The van der Waals surface area contributed by atoms with E-state index < -0.39 is 0 Å². The smallest absolute Gasteiger partial charge is 0.317 e. The lowest BCUT2D eigenvalue weighted by atomic mass is 10.0. The molecule has 2 aliphatic heterocycles. The molecule has 0 saturated carbocycles. The zero-order chi connectivity index (χ0) is 15.2. The molecule has 1 atom stereocenters. The Labute approximate surface area is 131 Å². The second-order valence-corrected chi connectivity index (χ2v) is 5.88. The predicted molar refractivity (Wildman–Crippen MR) is 83.7 cm³/mol. The number of carbonyl (C=O) groups is 1. The maximum atomic E-state index is 12.2. The molecule has 120 valence electrons. The molecule has 0 aromatic heterocycles. The van der Waals surface area contributed by atoms with Crippen LogP contribution in [0.3, 0.4) is 0 Å². The van der Waals surface area contributed by atoms with Crippen LogP contribution in [0.15, 0.2) is 24.3 Å². The number of urea groups is 1. The summed E-state index contributed by atoms with van der Waals surface area (Å²) < 4.78 is 11.0. The van der Waals surface area contributed by atoms with Gasteiger partial charge in [0, 0.05) is 26.2 Å². The van der Waals surface area contributed by atoms with E-state index in [1.807, 2.05) is 11.0 Å². The van der Waals surface area contributed by atoms with E-state index >= 15 is 0 Å². The summed E-state index contributed by atoms with van der Waals surface area (Å²) in [5.74, 6) is 0. The normalized spacial score (nSPS) is 20.7. The molecule has 1 fully saturated rings. The Morgan fingerprint density at radius 2 is 2.23 bits per heavy atom. The molecular formula is C17H24N2O3. The van der Waals surface area contributed by atoms with Crippen LogP contribution >= 0.6 is 0 Å². The van der Waals surface area contributed by atoms with E-state index in [-0.39, 0.29) is 12.1 Å². The lowest BCUT2D eigenvalue weighted by Crippen LogP contribution is -2.43. The van der Waals surface area contributed by atoms with Crippen LogP contribution < -0.4 is 5.32 Å². The van der Waals surface area contributed by atoms with E-state index in [2.05, 4.69) is 23.5 Å². The van der Waals surface area contributed by atoms with E-state index in [1.54, 1.807) is 0 Å². The van der Waals surface area contributed by atoms with Crippen molar-refractivity contribution >= 4 is 6.03 Å². The van der Waals surface area contributed by atoms with Crippen LogP contribution in [0.1, 0.15) is 24.0 Å². The van der Waals surface area contributed by atoms with Crippen LogP contribution in [0.4, 0.5) is 4.79 Å². The average Bonchev–Trinajstić information content (AvgIpc) is 3.07. The molecule has 0 bridgehead atoms. The van der Waals surface area contributed by atoms with Crippen molar-refractivity contribution in [1.82, 2.24) is 10.2 Å². The first-order chi connectivity index (χ1) is 10.8. The standard InChI is InChI=1S/C17H24N2O3/c20-17(18-8-11-21-13-16-6-3-10-22-16)19-9-7-14-4-1-2-5-15(14)12-19/h1-2,4-5,16H,3,6-13H2,(H,18,20)/t16-/m1/s1. The van der Waals surface area contributed by atoms with E-state index in [0.717, 1.165) is 32.4 Å². The fourth-order valence-corrected chi connectivity index (χ4v) is 3.00. The first kappa shape index (κ1) is 15.3. The molecule has 1 aromatic carbocycles. The molecule has 0 unspecified atom stereocenters. The molecule has 3 rings (SSSR count). The Bertz CT molecular complexity index is 500. The summed E-state index contributed by atoms with van der Waals surface area (Å²) in [6.07, 6.45) is 3.38. The summed E-state index contributed by atoms with van der Waals surface area (Å²) in [5, 5.41) is 2.93. The highest BCUT2D eigenvalue weighted by molar-refractivity contribution is 5.74. The predicted octanol–water partition coefficient (Wildman–Crippen LogP) is 1.95. The van der Waals surface area contributed by atoms with Crippen LogP contribution in [0.5, 0.6) is 0 Å². The zero-order valence-corrected chi connectivity index (χ0v) is 12.9. The number of nitrogens with one attached hydrogen (secondary N) is 1. The van der Waals surface area contributed by atoms with E-state index in [0.29, 0.717) is 26.3 Å². The Morgan fingerprint density at radius 3 is 3.05 bits per heavy atom. The first-order valence-electron chi connectivity index (χ1n) is 8.12. The number of benzene rings is 1. The minimum absolute atomic E-state index is 0.00443. The van der Waals surface area contributed by atoms with Crippen molar-refractivity contribution in [2.75, 3.05) is 32.9 Å². The molecule has 2 amide bonds. The second-order valence-electron chi connectivity index (χ2n) is 5.88. The quantitative estimate of drug-likeness (QED) is 0.846. The van der Waals surface area contributed by atoms with Crippen molar-refractivity contribution in [2.24, 2.45) is 0 Å². The van der Waals surface area contributed by atoms with Gasteiger partial charge in [0.2, 0.25) is 0 Å². The maximum absolute atomic E-state index is 12.2. The van der Waals surface area contributed by atoms with Crippen molar-refractivity contribution in [1.29, 1.82) is 0 Å². The Morgan fingerprint density at radius 1 is 1.36 bits per heavy atom. The van der Waals surface area contributed by atoms with Gasteiger partial charge in [0.15, 0.2) is 0 Å². The Balaban J connectivity index is 1.34. The highest BCUT2D eigenvalue weighted by Gasteiger charge is 2.20. The third-order valence-electron chi connectivity index (χ3n) is 4.27. The molecule has 0 radical (unpaired) electrons. The molecule has 2 heterocycles. The summed E-state index contributed by atoms with van der Waals surface area (Å²) in [6, 6.07) is 8.32. The third kappa shape index (κ3) is 3.99. The number of hydrogen-bond acceptors (Lipinski definition) is 3. The summed E-state index contributed by atoms with van der Waals surface area (Å²) in [7, 11) is 0. The summed E-state index contributed by atoms with van der Waals surface area (Å²) in [6.45, 7) is 4.03. The molecule has 22 heavy (non-hydrogen) atoms. The van der Waals surface area contributed by atoms with Gasteiger partial charge in [-0.25, -0.2) is 4.79 Å². The highest BCUT2D eigenvalue weighted by atomic mass is 16.5. The Kier molecular flexibility index (Phi) is 5.29. The van der Waals surface area contributed by atoms with Crippen molar-refractivity contribution in [2.45, 2.75) is 31.9 Å². The minimum Gasteiger partial charge on any atom is -0.377 e. The van der Waals surface area contributed by atoms with Crippen molar-refractivity contribution in [3.8, 4) is 0 Å². The lowest BCUT2D eigenvalue weighted by molar-refractivity contribution is 0.0186. The molecular weight excluding hydrogens is 280 g/mol. The average molecular weight is 304 g/mol. The number of ether oxygens (including phenoxy) is 2. The third-order valence-corrected chi connectivity index (χ3v) is 4.27. The molecule has 5 nitrogen and oxygen atoms in total. The van der Waals surface area contributed by atoms with Gasteiger partial charge in [-0.3, -0.25) is 0 Å². The number of carbonyl (C=O) groups excluding carboxylic acids is 1. The van der Waals surface area contributed by atoms with Gasteiger partial charge in [0.05, 0.1) is 19.3 Å². The number of amides is 2. The summed E-state index contributed by atoms with van der Waals surface area (Å²) >= 11 is 0. The number of nitrogens with zero attached hydrogens (tertiary/aromatic N) is 1.